The predicted molar refractivity (Wildman–Crippen MR) is 123 cm³/mol. The number of halogens is 2. The maximum absolute atomic E-state index is 13.5. The molecule has 0 aliphatic carbocycles. The molecule has 0 spiro atoms. The molecule has 3 aromatic rings. The summed E-state index contributed by atoms with van der Waals surface area (Å²) in [5, 5.41) is 10.5. The third-order valence-electron chi connectivity index (χ3n) is 5.50. The molecule has 0 bridgehead atoms. The first kappa shape index (κ1) is 20.3. The molecule has 32 heavy (non-hydrogen) atoms. The van der Waals surface area contributed by atoms with Crippen LogP contribution in [0.2, 0.25) is 5.02 Å². The Balaban J connectivity index is 1.76. The molecule has 0 radical (unpaired) electrons. The molecular weight excluding hydrogens is 429 g/mol. The van der Waals surface area contributed by atoms with Crippen LogP contribution in [0.5, 0.6) is 11.5 Å². The molecule has 0 unspecified atom stereocenters. The van der Waals surface area contributed by atoms with E-state index in [1.54, 1.807) is 26.4 Å². The highest BCUT2D eigenvalue weighted by Gasteiger charge is 2.22. The van der Waals surface area contributed by atoms with Gasteiger partial charge >= 0.3 is 0 Å². The summed E-state index contributed by atoms with van der Waals surface area (Å²) >= 11 is 6.07. The summed E-state index contributed by atoms with van der Waals surface area (Å²) in [6.45, 7) is 0.604. The Morgan fingerprint density at radius 1 is 0.875 bits per heavy atom. The third kappa shape index (κ3) is 3.52. The largest absolute Gasteiger partial charge is 0.493 e. The van der Waals surface area contributed by atoms with Crippen LogP contribution in [-0.2, 0) is 6.54 Å². The van der Waals surface area contributed by atoms with Crippen LogP contribution in [0, 0.1) is 5.82 Å². The molecule has 2 heterocycles. The molecule has 0 fully saturated rings. The molecule has 0 atom stereocenters. The topological polar surface area (TPSA) is 49.2 Å². The van der Waals surface area contributed by atoms with Crippen LogP contribution in [0.1, 0.15) is 5.56 Å². The van der Waals surface area contributed by atoms with Gasteiger partial charge in [-0.15, -0.1) is 10.2 Å². The molecule has 0 saturated heterocycles. The number of nitrogens with zero attached hydrogens (tertiary/aromatic N) is 3. The van der Waals surface area contributed by atoms with E-state index < -0.39 is 0 Å². The molecule has 2 aliphatic rings. The van der Waals surface area contributed by atoms with Gasteiger partial charge in [0, 0.05) is 40.3 Å². The molecule has 5 nitrogen and oxygen atoms in total. The number of hydrogen-bond acceptors (Lipinski definition) is 4. The zero-order valence-corrected chi connectivity index (χ0v) is 18.2. The lowest BCUT2D eigenvalue weighted by Gasteiger charge is -2.17. The number of hydrogen-bond donors (Lipinski definition) is 0. The van der Waals surface area contributed by atoms with Crippen molar-refractivity contribution in [3.05, 3.63) is 83.3 Å². The lowest BCUT2D eigenvalue weighted by Crippen LogP contribution is -2.05. The van der Waals surface area contributed by atoms with Crippen molar-refractivity contribution in [2.24, 2.45) is 0 Å². The Labute approximate surface area is 189 Å². The minimum atomic E-state index is -0.294. The van der Waals surface area contributed by atoms with Gasteiger partial charge < -0.3 is 14.0 Å². The van der Waals surface area contributed by atoms with Crippen LogP contribution >= 0.6 is 11.6 Å². The van der Waals surface area contributed by atoms with Crippen LogP contribution < -0.4 is 9.47 Å². The molecule has 160 valence electrons. The van der Waals surface area contributed by atoms with Gasteiger partial charge in [0.05, 0.1) is 19.7 Å². The molecule has 3 aromatic carbocycles. The molecule has 5 rings (SSSR count). The van der Waals surface area contributed by atoms with E-state index in [0.717, 1.165) is 33.3 Å². The Hall–Kier alpha value is -3.64. The van der Waals surface area contributed by atoms with E-state index in [4.69, 9.17) is 21.1 Å². The molecule has 0 aromatic heterocycles. The van der Waals surface area contributed by atoms with Gasteiger partial charge in [0.25, 0.3) is 0 Å². The fraction of sp³-hybridized carbons (Fsp3) is 0.120. The summed E-state index contributed by atoms with van der Waals surface area (Å²) in [6, 6.07) is 17.9. The van der Waals surface area contributed by atoms with Crippen molar-refractivity contribution in [3.63, 3.8) is 0 Å². The second-order valence-electron chi connectivity index (χ2n) is 7.43. The second-order valence-corrected chi connectivity index (χ2v) is 7.86. The first-order valence-electron chi connectivity index (χ1n) is 9.99. The van der Waals surface area contributed by atoms with E-state index >= 15 is 0 Å². The zero-order valence-electron chi connectivity index (χ0n) is 17.5. The molecule has 0 amide bonds. The van der Waals surface area contributed by atoms with Gasteiger partial charge in [0.15, 0.2) is 11.5 Å². The molecule has 0 saturated carbocycles. The van der Waals surface area contributed by atoms with Crippen molar-refractivity contribution >= 4 is 22.5 Å². The summed E-state index contributed by atoms with van der Waals surface area (Å²) in [5.74, 6) is 0.942. The SMILES string of the molecule is COc1cc2c3nnc(-c4ccc(F)cc4)c-3cn(Cc3ccc(Cl)cc3)c2cc1OC. The lowest BCUT2D eigenvalue weighted by molar-refractivity contribution is 0.355. The van der Waals surface area contributed by atoms with Crippen molar-refractivity contribution in [1.29, 1.82) is 0 Å². The van der Waals surface area contributed by atoms with E-state index in [-0.39, 0.29) is 5.82 Å². The fourth-order valence-corrected chi connectivity index (χ4v) is 4.03. The lowest BCUT2D eigenvalue weighted by atomic mass is 10.0. The van der Waals surface area contributed by atoms with Crippen molar-refractivity contribution in [3.8, 4) is 34.0 Å². The van der Waals surface area contributed by atoms with Gasteiger partial charge in [-0.1, -0.05) is 23.7 Å². The Kier molecular flexibility index (Phi) is 5.15. The van der Waals surface area contributed by atoms with Gasteiger partial charge in [-0.3, -0.25) is 0 Å². The number of pyridine rings is 1. The predicted octanol–water partition coefficient (Wildman–Crippen LogP) is 6.06. The summed E-state index contributed by atoms with van der Waals surface area (Å²) in [6.07, 6.45) is 2.02. The maximum atomic E-state index is 13.5. The van der Waals surface area contributed by atoms with Crippen molar-refractivity contribution in [2.45, 2.75) is 6.54 Å². The van der Waals surface area contributed by atoms with Crippen LogP contribution in [0.15, 0.2) is 66.9 Å². The standard InChI is InChI=1S/C25H19ClFN3O2/c1-31-22-11-19-21(12-23(22)32-2)30(13-15-3-7-17(26)8-4-15)14-20-24(28-29-25(19)20)16-5-9-18(27)10-6-16/h3-12,14H,13H2,1-2H3. The summed E-state index contributed by atoms with van der Waals surface area (Å²) in [7, 11) is 3.22. The quantitative estimate of drug-likeness (QED) is 0.328. The average molecular weight is 448 g/mol. The summed E-state index contributed by atoms with van der Waals surface area (Å²) in [4.78, 5) is 0. The van der Waals surface area contributed by atoms with Crippen LogP contribution in [-0.4, -0.2) is 29.0 Å². The number of fused-ring (bicyclic) bond motifs is 3. The second kappa shape index (κ2) is 8.13. The molecular formula is C25H19ClFN3O2. The monoisotopic (exact) mass is 447 g/mol. The average Bonchev–Trinajstić information content (AvgIpc) is 3.24. The van der Waals surface area contributed by atoms with E-state index in [9.17, 15) is 4.39 Å². The highest BCUT2D eigenvalue weighted by Crippen LogP contribution is 2.41. The highest BCUT2D eigenvalue weighted by atomic mass is 35.5. The minimum Gasteiger partial charge on any atom is -0.493 e. The first-order valence-corrected chi connectivity index (χ1v) is 10.4. The number of benzene rings is 3. The smallest absolute Gasteiger partial charge is 0.162 e. The molecule has 7 heteroatoms. The zero-order chi connectivity index (χ0) is 22.2. The van der Waals surface area contributed by atoms with Gasteiger partial charge in [-0.2, -0.15) is 0 Å². The number of rotatable bonds is 5. The van der Waals surface area contributed by atoms with Crippen molar-refractivity contribution < 1.29 is 13.9 Å². The van der Waals surface area contributed by atoms with E-state index in [1.165, 1.54) is 12.1 Å². The van der Waals surface area contributed by atoms with Crippen LogP contribution in [0.4, 0.5) is 4.39 Å². The third-order valence-corrected chi connectivity index (χ3v) is 5.75. The van der Waals surface area contributed by atoms with Crippen LogP contribution in [0.25, 0.3) is 33.4 Å². The van der Waals surface area contributed by atoms with Crippen LogP contribution in [0.3, 0.4) is 0 Å². The van der Waals surface area contributed by atoms with E-state index in [0.29, 0.717) is 28.8 Å². The van der Waals surface area contributed by atoms with Gasteiger partial charge in [-0.05, 0) is 48.0 Å². The number of methoxy groups -OCH3 is 2. The molecule has 0 N–H and O–H groups in total. The van der Waals surface area contributed by atoms with E-state index in [1.807, 2.05) is 42.6 Å². The maximum Gasteiger partial charge on any atom is 0.162 e. The van der Waals surface area contributed by atoms with Crippen molar-refractivity contribution in [1.82, 2.24) is 14.8 Å². The van der Waals surface area contributed by atoms with Gasteiger partial charge in [0.2, 0.25) is 0 Å². The summed E-state index contributed by atoms with van der Waals surface area (Å²) < 4.78 is 26.7. The minimum absolute atomic E-state index is 0.294. The summed E-state index contributed by atoms with van der Waals surface area (Å²) in [5.41, 5.74) is 5.12. The normalized spacial score (nSPS) is 11.2. The fourth-order valence-electron chi connectivity index (χ4n) is 3.90. The molecule has 2 aliphatic heterocycles. The Morgan fingerprint density at radius 2 is 1.53 bits per heavy atom. The number of aromatic nitrogens is 3. The van der Waals surface area contributed by atoms with Gasteiger partial charge in [0.1, 0.15) is 17.2 Å². The van der Waals surface area contributed by atoms with E-state index in [2.05, 4.69) is 14.8 Å². The highest BCUT2D eigenvalue weighted by molar-refractivity contribution is 6.30. The number of ether oxygens (including phenoxy) is 2. The Bertz CT molecular complexity index is 1380. The Morgan fingerprint density at radius 3 is 2.22 bits per heavy atom. The van der Waals surface area contributed by atoms with Gasteiger partial charge in [-0.25, -0.2) is 4.39 Å². The first-order chi connectivity index (χ1) is 15.6. The van der Waals surface area contributed by atoms with Crippen molar-refractivity contribution in [2.75, 3.05) is 14.2 Å².